The van der Waals surface area contributed by atoms with E-state index in [1.807, 2.05) is 4.90 Å². The van der Waals surface area contributed by atoms with Crippen molar-refractivity contribution in [3.8, 4) is 0 Å². The molecule has 7 heteroatoms. The van der Waals surface area contributed by atoms with Gasteiger partial charge in [0.1, 0.15) is 0 Å². The van der Waals surface area contributed by atoms with Gasteiger partial charge in [-0.3, -0.25) is 9.69 Å². The number of sulfone groups is 1. The van der Waals surface area contributed by atoms with Crippen LogP contribution in [0.3, 0.4) is 0 Å². The minimum absolute atomic E-state index is 0.0670. The second-order valence-electron chi connectivity index (χ2n) is 5.79. The molecule has 1 unspecified atom stereocenters. The summed E-state index contributed by atoms with van der Waals surface area (Å²) in [5.41, 5.74) is 0. The van der Waals surface area contributed by atoms with Crippen LogP contribution in [0.15, 0.2) is 0 Å². The zero-order valence-electron chi connectivity index (χ0n) is 11.8. The SMILES string of the molecule is COC1CCC(N(CC(=O)O)C2CCS(=O)(=O)C2)CC1. The number of hydrogen-bond donors (Lipinski definition) is 1. The number of carboxylic acids is 1. The zero-order valence-corrected chi connectivity index (χ0v) is 12.6. The minimum atomic E-state index is -2.99. The van der Waals surface area contributed by atoms with E-state index in [9.17, 15) is 13.2 Å². The lowest BCUT2D eigenvalue weighted by Gasteiger charge is -2.38. The first-order valence-corrected chi connectivity index (χ1v) is 8.94. The predicted octanol–water partition coefficient (Wildman–Crippen LogP) is 0.518. The Bertz CT molecular complexity index is 442. The van der Waals surface area contributed by atoms with Crippen molar-refractivity contribution in [2.45, 2.75) is 50.3 Å². The molecule has 1 atom stereocenters. The van der Waals surface area contributed by atoms with Gasteiger partial charge in [-0.1, -0.05) is 0 Å². The Morgan fingerprint density at radius 2 is 1.85 bits per heavy atom. The molecule has 6 nitrogen and oxygen atoms in total. The van der Waals surface area contributed by atoms with Crippen LogP contribution in [-0.2, 0) is 19.4 Å². The van der Waals surface area contributed by atoms with Gasteiger partial charge in [-0.05, 0) is 32.1 Å². The molecule has 2 aliphatic rings. The maximum absolute atomic E-state index is 11.6. The summed E-state index contributed by atoms with van der Waals surface area (Å²) in [5, 5.41) is 9.09. The quantitative estimate of drug-likeness (QED) is 0.797. The standard InChI is InChI=1S/C13H23NO5S/c1-19-12-4-2-10(3-5-12)14(8-13(15)16)11-6-7-20(17,18)9-11/h10-12H,2-9H2,1H3,(H,15,16). The van der Waals surface area contributed by atoms with Crippen LogP contribution in [0.5, 0.6) is 0 Å². The average molecular weight is 305 g/mol. The van der Waals surface area contributed by atoms with Crippen molar-refractivity contribution in [3.63, 3.8) is 0 Å². The van der Waals surface area contributed by atoms with E-state index < -0.39 is 15.8 Å². The van der Waals surface area contributed by atoms with Crippen LogP contribution in [0, 0.1) is 0 Å². The third kappa shape index (κ3) is 3.93. The molecule has 0 radical (unpaired) electrons. The number of ether oxygens (including phenoxy) is 1. The molecular formula is C13H23NO5S. The summed E-state index contributed by atoms with van der Waals surface area (Å²) in [4.78, 5) is 13.0. The van der Waals surface area contributed by atoms with Gasteiger partial charge >= 0.3 is 5.97 Å². The minimum Gasteiger partial charge on any atom is -0.480 e. The highest BCUT2D eigenvalue weighted by atomic mass is 32.2. The van der Waals surface area contributed by atoms with Crippen molar-refractivity contribution in [2.75, 3.05) is 25.2 Å². The van der Waals surface area contributed by atoms with Gasteiger partial charge in [0.25, 0.3) is 0 Å². The van der Waals surface area contributed by atoms with Gasteiger partial charge in [0.05, 0.1) is 24.2 Å². The average Bonchev–Trinajstić information content (AvgIpc) is 2.76. The first-order chi connectivity index (χ1) is 9.41. The van der Waals surface area contributed by atoms with E-state index in [1.54, 1.807) is 7.11 Å². The van der Waals surface area contributed by atoms with E-state index in [1.165, 1.54) is 0 Å². The summed E-state index contributed by atoms with van der Waals surface area (Å²) in [7, 11) is -1.29. The molecule has 1 saturated carbocycles. The van der Waals surface area contributed by atoms with Crippen molar-refractivity contribution in [2.24, 2.45) is 0 Å². The number of nitrogens with zero attached hydrogens (tertiary/aromatic N) is 1. The molecule has 1 N–H and O–H groups in total. The van der Waals surface area contributed by atoms with Crippen molar-refractivity contribution in [3.05, 3.63) is 0 Å². The van der Waals surface area contributed by atoms with Gasteiger partial charge in [-0.2, -0.15) is 0 Å². The summed E-state index contributed by atoms with van der Waals surface area (Å²) in [6, 6.07) is 0.0241. The van der Waals surface area contributed by atoms with E-state index in [-0.39, 0.29) is 36.2 Å². The molecule has 0 spiro atoms. The fraction of sp³-hybridized carbons (Fsp3) is 0.923. The monoisotopic (exact) mass is 305 g/mol. The molecule has 1 heterocycles. The van der Waals surface area contributed by atoms with E-state index in [4.69, 9.17) is 9.84 Å². The molecular weight excluding hydrogens is 282 g/mol. The van der Waals surface area contributed by atoms with Crippen LogP contribution in [0.1, 0.15) is 32.1 Å². The van der Waals surface area contributed by atoms with Crippen LogP contribution in [0.25, 0.3) is 0 Å². The molecule has 2 fully saturated rings. The summed E-state index contributed by atoms with van der Waals surface area (Å²) in [6.45, 7) is -0.0670. The highest BCUT2D eigenvalue weighted by Crippen LogP contribution is 2.29. The van der Waals surface area contributed by atoms with Gasteiger partial charge in [0.2, 0.25) is 0 Å². The largest absolute Gasteiger partial charge is 0.480 e. The first-order valence-electron chi connectivity index (χ1n) is 7.12. The van der Waals surface area contributed by atoms with Gasteiger partial charge in [-0.15, -0.1) is 0 Å². The number of carboxylic acid groups (broad SMARTS) is 1. The Balaban J connectivity index is 2.03. The second-order valence-corrected chi connectivity index (χ2v) is 8.02. The number of aliphatic carboxylic acids is 1. The summed E-state index contributed by atoms with van der Waals surface area (Å²) < 4.78 is 28.6. The van der Waals surface area contributed by atoms with E-state index in [2.05, 4.69) is 0 Å². The molecule has 20 heavy (non-hydrogen) atoms. The van der Waals surface area contributed by atoms with Crippen LogP contribution in [0.4, 0.5) is 0 Å². The Hall–Kier alpha value is -0.660. The number of methoxy groups -OCH3 is 1. The van der Waals surface area contributed by atoms with Gasteiger partial charge < -0.3 is 9.84 Å². The zero-order chi connectivity index (χ0) is 14.8. The van der Waals surface area contributed by atoms with Crippen LogP contribution in [-0.4, -0.2) is 67.7 Å². The van der Waals surface area contributed by atoms with Crippen molar-refractivity contribution < 1.29 is 23.1 Å². The smallest absolute Gasteiger partial charge is 0.317 e. The highest BCUT2D eigenvalue weighted by molar-refractivity contribution is 7.91. The molecule has 1 aliphatic carbocycles. The van der Waals surface area contributed by atoms with E-state index >= 15 is 0 Å². The number of rotatable bonds is 5. The predicted molar refractivity (Wildman–Crippen MR) is 74.5 cm³/mol. The van der Waals surface area contributed by atoms with Crippen molar-refractivity contribution in [1.29, 1.82) is 0 Å². The van der Waals surface area contributed by atoms with Crippen LogP contribution in [0.2, 0.25) is 0 Å². The van der Waals surface area contributed by atoms with Crippen molar-refractivity contribution >= 4 is 15.8 Å². The van der Waals surface area contributed by atoms with E-state index in [0.29, 0.717) is 6.42 Å². The summed E-state index contributed by atoms with van der Waals surface area (Å²) >= 11 is 0. The maximum atomic E-state index is 11.6. The normalized spacial score (nSPS) is 33.4. The maximum Gasteiger partial charge on any atom is 0.317 e. The highest BCUT2D eigenvalue weighted by Gasteiger charge is 2.37. The Morgan fingerprint density at radius 1 is 1.20 bits per heavy atom. The van der Waals surface area contributed by atoms with E-state index in [0.717, 1.165) is 25.7 Å². The summed E-state index contributed by atoms with van der Waals surface area (Å²) in [5.74, 6) is -0.603. The molecule has 1 aliphatic heterocycles. The molecule has 116 valence electrons. The third-order valence-electron chi connectivity index (χ3n) is 4.44. The molecule has 2 rings (SSSR count). The van der Waals surface area contributed by atoms with Crippen LogP contribution < -0.4 is 0 Å². The number of carbonyl (C=O) groups is 1. The molecule has 0 bridgehead atoms. The molecule has 0 aromatic heterocycles. The number of hydrogen-bond acceptors (Lipinski definition) is 5. The van der Waals surface area contributed by atoms with Crippen LogP contribution >= 0.6 is 0 Å². The van der Waals surface area contributed by atoms with Gasteiger partial charge in [-0.25, -0.2) is 8.42 Å². The van der Waals surface area contributed by atoms with Gasteiger partial charge in [0, 0.05) is 19.2 Å². The lowest BCUT2D eigenvalue weighted by molar-refractivity contribution is -0.140. The van der Waals surface area contributed by atoms with Gasteiger partial charge in [0.15, 0.2) is 9.84 Å². The fourth-order valence-electron chi connectivity index (χ4n) is 3.36. The lowest BCUT2D eigenvalue weighted by Crippen LogP contribution is -2.48. The second kappa shape index (κ2) is 6.41. The topological polar surface area (TPSA) is 83.9 Å². The Morgan fingerprint density at radius 3 is 2.30 bits per heavy atom. The lowest BCUT2D eigenvalue weighted by atomic mass is 9.90. The third-order valence-corrected chi connectivity index (χ3v) is 6.19. The molecule has 1 saturated heterocycles. The molecule has 0 aromatic carbocycles. The molecule has 0 amide bonds. The molecule has 0 aromatic rings. The first kappa shape index (κ1) is 15.7. The Kier molecular flexibility index (Phi) is 5.04. The van der Waals surface area contributed by atoms with Crippen molar-refractivity contribution in [1.82, 2.24) is 4.90 Å². The summed E-state index contributed by atoms with van der Waals surface area (Å²) in [6.07, 6.45) is 4.39. The Labute approximate surface area is 120 Å². The fourth-order valence-corrected chi connectivity index (χ4v) is 5.10.